The van der Waals surface area contributed by atoms with E-state index in [0.717, 1.165) is 6.42 Å². The highest BCUT2D eigenvalue weighted by molar-refractivity contribution is 7.94. The molecule has 8 heteroatoms. The van der Waals surface area contributed by atoms with E-state index >= 15 is 0 Å². The average molecular weight is 231 g/mol. The molecule has 0 aromatic rings. The lowest BCUT2D eigenvalue weighted by Crippen LogP contribution is -2.29. The van der Waals surface area contributed by atoms with E-state index in [2.05, 4.69) is 10.0 Å². The SMILES string of the molecule is O=S(=O)([N-]C[C@H]1CCCN1)C(F)(F)F. The average Bonchev–Trinajstić information content (AvgIpc) is 2.50. The lowest BCUT2D eigenvalue weighted by molar-refractivity contribution is -0.0427. The van der Waals surface area contributed by atoms with E-state index in [-0.39, 0.29) is 12.6 Å². The van der Waals surface area contributed by atoms with Crippen LogP contribution in [-0.4, -0.2) is 33.1 Å². The van der Waals surface area contributed by atoms with Crippen molar-refractivity contribution < 1.29 is 21.6 Å². The Labute approximate surface area is 79.9 Å². The van der Waals surface area contributed by atoms with Crippen LogP contribution in [0.15, 0.2) is 0 Å². The van der Waals surface area contributed by atoms with Gasteiger partial charge in [0.25, 0.3) is 0 Å². The normalized spacial score (nSPS) is 24.1. The van der Waals surface area contributed by atoms with Crippen LogP contribution in [0.1, 0.15) is 12.8 Å². The lowest BCUT2D eigenvalue weighted by atomic mass is 10.2. The van der Waals surface area contributed by atoms with Crippen LogP contribution in [0.5, 0.6) is 0 Å². The molecule has 1 heterocycles. The van der Waals surface area contributed by atoms with Crippen molar-refractivity contribution in [1.82, 2.24) is 5.32 Å². The molecule has 14 heavy (non-hydrogen) atoms. The molecule has 1 atom stereocenters. The topological polar surface area (TPSA) is 60.3 Å². The van der Waals surface area contributed by atoms with Crippen molar-refractivity contribution >= 4 is 10.0 Å². The molecule has 0 bridgehead atoms. The number of hydrogen-bond acceptors (Lipinski definition) is 3. The summed E-state index contributed by atoms with van der Waals surface area (Å²) in [6.45, 7) is 0.369. The van der Waals surface area contributed by atoms with Gasteiger partial charge in [-0.1, -0.05) is 0 Å². The van der Waals surface area contributed by atoms with Gasteiger partial charge in [-0.25, -0.2) is 8.42 Å². The predicted molar refractivity (Wildman–Crippen MR) is 44.2 cm³/mol. The predicted octanol–water partition coefficient (Wildman–Crippen LogP) is 0.962. The molecule has 1 fully saturated rings. The molecule has 0 unspecified atom stereocenters. The Morgan fingerprint density at radius 3 is 2.50 bits per heavy atom. The molecule has 0 aliphatic carbocycles. The molecule has 4 nitrogen and oxygen atoms in total. The third-order valence-electron chi connectivity index (χ3n) is 1.92. The van der Waals surface area contributed by atoms with Crippen LogP contribution < -0.4 is 5.32 Å². The summed E-state index contributed by atoms with van der Waals surface area (Å²) in [4.78, 5) is 0. The molecule has 0 radical (unpaired) electrons. The number of halogens is 3. The first-order valence-electron chi connectivity index (χ1n) is 4.06. The summed E-state index contributed by atoms with van der Waals surface area (Å²) in [7, 11) is -5.30. The van der Waals surface area contributed by atoms with Crippen LogP contribution in [0.2, 0.25) is 0 Å². The standard InChI is InChI=1S/C6H10F3N2O2S/c7-6(8,9)14(12,13)11-4-5-2-1-3-10-5/h5,10H,1-4H2/q-1/t5-/m1/s1. The fraction of sp³-hybridized carbons (Fsp3) is 1.00. The minimum atomic E-state index is -5.30. The second kappa shape index (κ2) is 4.03. The molecule has 0 amide bonds. The zero-order valence-corrected chi connectivity index (χ0v) is 8.03. The smallest absolute Gasteiger partial charge is 0.480 e. The molecule has 1 saturated heterocycles. The second-order valence-corrected chi connectivity index (χ2v) is 4.70. The summed E-state index contributed by atoms with van der Waals surface area (Å²) < 4.78 is 59.1. The van der Waals surface area contributed by atoms with Crippen LogP contribution in [0.4, 0.5) is 13.2 Å². The van der Waals surface area contributed by atoms with Gasteiger partial charge in [0.2, 0.25) is 0 Å². The van der Waals surface area contributed by atoms with Crippen LogP contribution in [0.3, 0.4) is 0 Å². The monoisotopic (exact) mass is 231 g/mol. The molecule has 0 aromatic carbocycles. The number of hydrogen-bond donors (Lipinski definition) is 1. The van der Waals surface area contributed by atoms with Crippen molar-refractivity contribution in [3.8, 4) is 0 Å². The van der Waals surface area contributed by atoms with Gasteiger partial charge in [0.1, 0.15) is 0 Å². The maximum atomic E-state index is 11.8. The summed E-state index contributed by atoms with van der Waals surface area (Å²) in [5, 5.41) is 2.86. The summed E-state index contributed by atoms with van der Waals surface area (Å²) in [5.74, 6) is 0. The fourth-order valence-electron chi connectivity index (χ4n) is 1.17. The third kappa shape index (κ3) is 2.82. The van der Waals surface area contributed by atoms with E-state index in [0.29, 0.717) is 13.0 Å². The van der Waals surface area contributed by atoms with E-state index in [1.165, 1.54) is 0 Å². The molecule has 1 rings (SSSR count). The van der Waals surface area contributed by atoms with Gasteiger partial charge in [0.05, 0.1) is 0 Å². The highest BCUT2D eigenvalue weighted by Crippen LogP contribution is 2.28. The maximum absolute atomic E-state index is 11.8. The van der Waals surface area contributed by atoms with Crippen molar-refractivity contribution in [2.24, 2.45) is 0 Å². The molecule has 0 saturated carbocycles. The Hall–Kier alpha value is -0.340. The molecule has 1 N–H and O–H groups in total. The summed E-state index contributed by atoms with van der Waals surface area (Å²) in [5.41, 5.74) is -5.27. The summed E-state index contributed by atoms with van der Waals surface area (Å²) >= 11 is 0. The van der Waals surface area contributed by atoms with Crippen molar-refractivity contribution in [2.75, 3.05) is 13.1 Å². The first kappa shape index (κ1) is 11.7. The van der Waals surface area contributed by atoms with Crippen molar-refractivity contribution in [3.05, 3.63) is 4.72 Å². The van der Waals surface area contributed by atoms with Gasteiger partial charge < -0.3 is 10.0 Å². The zero-order chi connectivity index (χ0) is 10.8. The molecule has 1 aliphatic rings. The number of sulfonamides is 1. The van der Waals surface area contributed by atoms with Crippen LogP contribution >= 0.6 is 0 Å². The third-order valence-corrected chi connectivity index (χ3v) is 2.99. The largest absolute Gasteiger partial charge is 0.540 e. The quantitative estimate of drug-likeness (QED) is 0.787. The van der Waals surface area contributed by atoms with Crippen LogP contribution in [-0.2, 0) is 10.0 Å². The van der Waals surface area contributed by atoms with Gasteiger partial charge in [-0.05, 0) is 25.4 Å². The number of nitrogens with one attached hydrogen (secondary N) is 1. The summed E-state index contributed by atoms with van der Waals surface area (Å²) in [6, 6.07) is -0.243. The van der Waals surface area contributed by atoms with E-state index in [1.54, 1.807) is 0 Å². The van der Waals surface area contributed by atoms with E-state index in [1.807, 2.05) is 0 Å². The fourth-order valence-corrected chi connectivity index (χ4v) is 1.70. The Bertz CT molecular complexity index is 282. The molecular formula is C6H10F3N2O2S-. The zero-order valence-electron chi connectivity index (χ0n) is 7.21. The van der Waals surface area contributed by atoms with Gasteiger partial charge in [-0.2, -0.15) is 13.2 Å². The minimum Gasteiger partial charge on any atom is -0.540 e. The van der Waals surface area contributed by atoms with Gasteiger partial charge in [0.15, 0.2) is 10.0 Å². The minimum absolute atomic E-state index is 0.243. The van der Waals surface area contributed by atoms with Gasteiger partial charge in [-0.15, -0.1) is 6.54 Å². The molecule has 1 aliphatic heterocycles. The Morgan fingerprint density at radius 1 is 1.43 bits per heavy atom. The number of rotatable bonds is 3. The first-order chi connectivity index (χ1) is 6.33. The highest BCUT2D eigenvalue weighted by Gasteiger charge is 2.38. The van der Waals surface area contributed by atoms with Crippen LogP contribution in [0, 0.1) is 0 Å². The molecule has 84 valence electrons. The first-order valence-corrected chi connectivity index (χ1v) is 5.50. The van der Waals surface area contributed by atoms with E-state index < -0.39 is 15.5 Å². The second-order valence-electron chi connectivity index (χ2n) is 3.03. The molecular weight excluding hydrogens is 221 g/mol. The van der Waals surface area contributed by atoms with Crippen molar-refractivity contribution in [3.63, 3.8) is 0 Å². The number of nitrogens with zero attached hydrogens (tertiary/aromatic N) is 1. The molecule has 0 spiro atoms. The van der Waals surface area contributed by atoms with Gasteiger partial charge in [0, 0.05) is 0 Å². The van der Waals surface area contributed by atoms with Crippen LogP contribution in [0.25, 0.3) is 4.72 Å². The summed E-state index contributed by atoms with van der Waals surface area (Å²) in [6.07, 6.45) is 1.50. The van der Waals surface area contributed by atoms with E-state index in [4.69, 9.17) is 0 Å². The molecule has 0 aromatic heterocycles. The Kier molecular flexibility index (Phi) is 3.38. The Morgan fingerprint density at radius 2 is 2.07 bits per heavy atom. The van der Waals surface area contributed by atoms with Gasteiger partial charge in [-0.3, -0.25) is 0 Å². The lowest BCUT2D eigenvalue weighted by Gasteiger charge is -2.24. The number of alkyl halides is 3. The maximum Gasteiger partial charge on any atom is 0.480 e. The van der Waals surface area contributed by atoms with Crippen molar-refractivity contribution in [1.29, 1.82) is 0 Å². The van der Waals surface area contributed by atoms with Crippen molar-refractivity contribution in [2.45, 2.75) is 24.4 Å². The Balaban J connectivity index is 2.44. The van der Waals surface area contributed by atoms with Gasteiger partial charge >= 0.3 is 5.51 Å². The van der Waals surface area contributed by atoms with E-state index in [9.17, 15) is 21.6 Å². The highest BCUT2D eigenvalue weighted by atomic mass is 32.2.